The van der Waals surface area contributed by atoms with E-state index in [4.69, 9.17) is 4.98 Å². The summed E-state index contributed by atoms with van der Waals surface area (Å²) in [6, 6.07) is 9.51. The van der Waals surface area contributed by atoms with Gasteiger partial charge in [0.05, 0.1) is 11.2 Å². The summed E-state index contributed by atoms with van der Waals surface area (Å²) in [6.07, 6.45) is 3.97. The number of phenolic OH excluding ortho intramolecular Hbond substituents is 1. The van der Waals surface area contributed by atoms with Crippen molar-refractivity contribution in [3.63, 3.8) is 0 Å². The normalized spacial score (nSPS) is 16.3. The van der Waals surface area contributed by atoms with Gasteiger partial charge in [-0.25, -0.2) is 13.8 Å². The standard InChI is InChI=1S/C29H27F2N5O2/c1-4-26(38)36-15-29(16-36)8-10-35(14-29)28-17(2)27(20-12-25(37)22(31)13-21(20)30)19-6-5-18(11-23(19)33-28)24-7-9-32-34(24)3/h4-7,9,11-13,37H,1,8,10,14-16H2,2-3H3. The van der Waals surface area contributed by atoms with Gasteiger partial charge < -0.3 is 14.9 Å². The molecule has 9 heteroatoms. The molecule has 4 aromatic rings. The predicted molar refractivity (Wildman–Crippen MR) is 142 cm³/mol. The summed E-state index contributed by atoms with van der Waals surface area (Å²) in [5.74, 6) is -1.73. The van der Waals surface area contributed by atoms with Crippen LogP contribution in [0.3, 0.4) is 0 Å². The number of halogens is 2. The van der Waals surface area contributed by atoms with Crippen LogP contribution in [-0.2, 0) is 11.8 Å². The van der Waals surface area contributed by atoms with Crippen molar-refractivity contribution < 1.29 is 18.7 Å². The monoisotopic (exact) mass is 515 g/mol. The highest BCUT2D eigenvalue weighted by Crippen LogP contribution is 2.45. The second kappa shape index (κ2) is 8.65. The number of benzene rings is 2. The molecule has 7 nitrogen and oxygen atoms in total. The van der Waals surface area contributed by atoms with Crippen LogP contribution >= 0.6 is 0 Å². The summed E-state index contributed by atoms with van der Waals surface area (Å²) in [4.78, 5) is 21.0. The minimum Gasteiger partial charge on any atom is -0.505 e. The summed E-state index contributed by atoms with van der Waals surface area (Å²) in [5, 5.41) is 15.1. The molecular weight excluding hydrogens is 488 g/mol. The number of carbonyl (C=O) groups is 1. The maximum Gasteiger partial charge on any atom is 0.245 e. The van der Waals surface area contributed by atoms with Gasteiger partial charge in [-0.05, 0) is 37.6 Å². The summed E-state index contributed by atoms with van der Waals surface area (Å²) < 4.78 is 30.9. The van der Waals surface area contributed by atoms with Gasteiger partial charge in [0.15, 0.2) is 11.6 Å². The minimum absolute atomic E-state index is 0.0160. The number of aryl methyl sites for hydroxylation is 1. The molecule has 2 fully saturated rings. The van der Waals surface area contributed by atoms with Crippen LogP contribution < -0.4 is 4.90 Å². The number of aromatic nitrogens is 3. The van der Waals surface area contributed by atoms with Crippen LogP contribution in [0.5, 0.6) is 5.75 Å². The first-order chi connectivity index (χ1) is 18.2. The molecule has 0 saturated carbocycles. The summed E-state index contributed by atoms with van der Waals surface area (Å²) in [5.41, 5.74) is 3.87. The van der Waals surface area contributed by atoms with Gasteiger partial charge in [0.2, 0.25) is 5.91 Å². The molecule has 4 heterocycles. The summed E-state index contributed by atoms with van der Waals surface area (Å²) in [7, 11) is 1.86. The molecule has 1 N–H and O–H groups in total. The van der Waals surface area contributed by atoms with E-state index in [9.17, 15) is 14.3 Å². The molecule has 0 radical (unpaired) electrons. The molecule has 0 aliphatic carbocycles. The van der Waals surface area contributed by atoms with Gasteiger partial charge in [0.1, 0.15) is 11.6 Å². The van der Waals surface area contributed by atoms with Crippen LogP contribution in [0.2, 0.25) is 0 Å². The number of amides is 1. The molecule has 2 aliphatic rings. The average Bonchev–Trinajstić information content (AvgIpc) is 3.51. The predicted octanol–water partition coefficient (Wildman–Crippen LogP) is 4.82. The molecular formula is C29H27F2N5O2. The number of fused-ring (bicyclic) bond motifs is 1. The number of likely N-dealkylation sites (tertiary alicyclic amines) is 1. The number of nitrogens with zero attached hydrogens (tertiary/aromatic N) is 5. The number of hydrogen-bond acceptors (Lipinski definition) is 5. The van der Waals surface area contributed by atoms with Crippen LogP contribution in [0.1, 0.15) is 12.0 Å². The highest BCUT2D eigenvalue weighted by molar-refractivity contribution is 6.00. The molecule has 0 unspecified atom stereocenters. The van der Waals surface area contributed by atoms with Crippen molar-refractivity contribution in [2.24, 2.45) is 12.5 Å². The van der Waals surface area contributed by atoms with Crippen LogP contribution in [0, 0.1) is 24.0 Å². The van der Waals surface area contributed by atoms with Gasteiger partial charge in [-0.2, -0.15) is 5.10 Å². The molecule has 0 bridgehead atoms. The lowest BCUT2D eigenvalue weighted by Gasteiger charge is -2.47. The molecule has 6 rings (SSSR count). The van der Waals surface area contributed by atoms with Crippen molar-refractivity contribution >= 4 is 22.6 Å². The second-order valence-corrected chi connectivity index (χ2v) is 10.4. The first-order valence-electron chi connectivity index (χ1n) is 12.5. The third kappa shape index (κ3) is 3.72. The van der Waals surface area contributed by atoms with Crippen LogP contribution in [0.4, 0.5) is 14.6 Å². The van der Waals surface area contributed by atoms with E-state index in [1.807, 2.05) is 38.2 Å². The molecule has 2 saturated heterocycles. The van der Waals surface area contributed by atoms with Crippen molar-refractivity contribution in [3.05, 3.63) is 72.4 Å². The smallest absolute Gasteiger partial charge is 0.245 e. The zero-order valence-electron chi connectivity index (χ0n) is 21.2. The van der Waals surface area contributed by atoms with Gasteiger partial charge in [-0.3, -0.25) is 9.48 Å². The third-order valence-corrected chi connectivity index (χ3v) is 7.90. The lowest BCUT2D eigenvalue weighted by Crippen LogP contribution is -2.59. The van der Waals surface area contributed by atoms with E-state index in [-0.39, 0.29) is 16.9 Å². The number of phenols is 1. The first kappa shape index (κ1) is 24.1. The Bertz CT molecular complexity index is 1620. The summed E-state index contributed by atoms with van der Waals surface area (Å²) in [6.45, 7) is 8.25. The van der Waals surface area contributed by atoms with Gasteiger partial charge in [-0.15, -0.1) is 0 Å². The fourth-order valence-corrected chi connectivity index (χ4v) is 5.97. The fourth-order valence-electron chi connectivity index (χ4n) is 5.97. The Hall–Kier alpha value is -4.27. The molecule has 194 valence electrons. The van der Waals surface area contributed by atoms with E-state index >= 15 is 4.39 Å². The quantitative estimate of drug-likeness (QED) is 0.395. The van der Waals surface area contributed by atoms with Gasteiger partial charge in [0, 0.05) is 78.5 Å². The Kier molecular flexibility index (Phi) is 5.48. The number of pyridine rings is 1. The second-order valence-electron chi connectivity index (χ2n) is 10.4. The van der Waals surface area contributed by atoms with Crippen LogP contribution in [-0.4, -0.2) is 56.9 Å². The lowest BCUT2D eigenvalue weighted by atomic mass is 9.79. The van der Waals surface area contributed by atoms with Crippen molar-refractivity contribution in [1.29, 1.82) is 0 Å². The molecule has 1 spiro atoms. The van der Waals surface area contributed by atoms with E-state index in [0.29, 0.717) is 48.0 Å². The Labute approximate surface area is 218 Å². The van der Waals surface area contributed by atoms with Gasteiger partial charge >= 0.3 is 0 Å². The number of aromatic hydroxyl groups is 1. The number of hydrogen-bond donors (Lipinski definition) is 1. The maximum absolute atomic E-state index is 15.2. The van der Waals surface area contributed by atoms with E-state index in [1.54, 1.807) is 15.8 Å². The van der Waals surface area contributed by atoms with Crippen molar-refractivity contribution in [3.8, 4) is 28.1 Å². The highest BCUT2D eigenvalue weighted by Gasteiger charge is 2.49. The molecule has 2 aromatic heterocycles. The Morgan fingerprint density at radius 3 is 2.63 bits per heavy atom. The molecule has 2 aliphatic heterocycles. The largest absolute Gasteiger partial charge is 0.505 e. The third-order valence-electron chi connectivity index (χ3n) is 7.90. The zero-order chi connectivity index (χ0) is 26.8. The fraction of sp³-hybridized carbons (Fsp3) is 0.276. The van der Waals surface area contributed by atoms with Crippen LogP contribution in [0.15, 0.2) is 55.3 Å². The minimum atomic E-state index is -1.01. The summed E-state index contributed by atoms with van der Waals surface area (Å²) >= 11 is 0. The number of anilines is 1. The van der Waals surface area contributed by atoms with Crippen molar-refractivity contribution in [2.45, 2.75) is 13.3 Å². The highest BCUT2D eigenvalue weighted by atomic mass is 19.1. The number of rotatable bonds is 4. The first-order valence-corrected chi connectivity index (χ1v) is 12.5. The maximum atomic E-state index is 15.2. The average molecular weight is 516 g/mol. The molecule has 1 amide bonds. The zero-order valence-corrected chi connectivity index (χ0v) is 21.2. The molecule has 0 atom stereocenters. The van der Waals surface area contributed by atoms with Crippen molar-refractivity contribution in [1.82, 2.24) is 19.7 Å². The van der Waals surface area contributed by atoms with E-state index < -0.39 is 17.4 Å². The van der Waals surface area contributed by atoms with E-state index in [0.717, 1.165) is 35.9 Å². The van der Waals surface area contributed by atoms with Gasteiger partial charge in [0.25, 0.3) is 0 Å². The molecule has 2 aromatic carbocycles. The number of carbonyl (C=O) groups excluding carboxylic acids is 1. The molecule has 38 heavy (non-hydrogen) atoms. The Balaban J connectivity index is 1.49. The van der Waals surface area contributed by atoms with Gasteiger partial charge in [-0.1, -0.05) is 18.7 Å². The van der Waals surface area contributed by atoms with E-state index in [1.165, 1.54) is 6.08 Å². The Morgan fingerprint density at radius 1 is 1.13 bits per heavy atom. The Morgan fingerprint density at radius 2 is 1.92 bits per heavy atom. The van der Waals surface area contributed by atoms with Crippen molar-refractivity contribution in [2.75, 3.05) is 31.1 Å². The van der Waals surface area contributed by atoms with E-state index in [2.05, 4.69) is 16.6 Å². The van der Waals surface area contributed by atoms with Crippen LogP contribution in [0.25, 0.3) is 33.3 Å². The SMILES string of the molecule is C=CC(=O)N1CC2(CCN(c3nc4cc(-c5ccnn5C)ccc4c(-c4cc(O)c(F)cc4F)c3C)C2)C1. The lowest BCUT2D eigenvalue weighted by molar-refractivity contribution is -0.136. The topological polar surface area (TPSA) is 74.5 Å².